The molecule has 0 spiro atoms. The van der Waals surface area contributed by atoms with Crippen molar-refractivity contribution in [2.45, 2.75) is 32.2 Å². The molecule has 20 heavy (non-hydrogen) atoms. The number of nitrogens with one attached hydrogen (secondary N) is 1. The zero-order valence-corrected chi connectivity index (χ0v) is 11.7. The van der Waals surface area contributed by atoms with E-state index < -0.39 is 4.92 Å². The molecule has 0 aliphatic carbocycles. The van der Waals surface area contributed by atoms with Crippen LogP contribution in [-0.2, 0) is 0 Å². The topological polar surface area (TPSA) is 97.3 Å². The fourth-order valence-corrected chi connectivity index (χ4v) is 2.60. The van der Waals surface area contributed by atoms with Crippen LogP contribution in [0.1, 0.15) is 26.2 Å². The fourth-order valence-electron chi connectivity index (χ4n) is 2.60. The summed E-state index contributed by atoms with van der Waals surface area (Å²) in [5, 5.41) is 14.2. The molecule has 2 heterocycles. The highest BCUT2D eigenvalue weighted by molar-refractivity contribution is 5.58. The zero-order chi connectivity index (χ0) is 14.5. The Labute approximate surface area is 118 Å². The van der Waals surface area contributed by atoms with E-state index in [9.17, 15) is 10.1 Å². The number of piperidine rings is 1. The van der Waals surface area contributed by atoms with E-state index in [-0.39, 0.29) is 11.5 Å². The van der Waals surface area contributed by atoms with Crippen molar-refractivity contribution in [2.24, 2.45) is 0 Å². The first-order valence-electron chi connectivity index (χ1n) is 7.01. The third-order valence-electron chi connectivity index (χ3n) is 3.55. The SMILES string of the molecule is CCCN(c1ccc([N+](=O)[O-])c(N)n1)C1CCCNC1. The maximum absolute atomic E-state index is 10.8. The molecule has 1 unspecified atom stereocenters. The van der Waals surface area contributed by atoms with Gasteiger partial charge in [0.2, 0.25) is 5.82 Å². The van der Waals surface area contributed by atoms with Crippen LogP contribution in [0.4, 0.5) is 17.3 Å². The van der Waals surface area contributed by atoms with Gasteiger partial charge in [-0.2, -0.15) is 0 Å². The molecule has 0 radical (unpaired) electrons. The Morgan fingerprint density at radius 3 is 2.95 bits per heavy atom. The molecule has 1 saturated heterocycles. The molecule has 1 aliphatic rings. The average molecular weight is 279 g/mol. The highest BCUT2D eigenvalue weighted by Gasteiger charge is 2.23. The number of nitrogens with two attached hydrogens (primary N) is 1. The lowest BCUT2D eigenvalue weighted by Crippen LogP contribution is -2.46. The molecule has 0 bridgehead atoms. The number of hydrogen-bond acceptors (Lipinski definition) is 6. The Hall–Kier alpha value is -1.89. The summed E-state index contributed by atoms with van der Waals surface area (Å²) in [6.45, 7) is 4.94. The maximum atomic E-state index is 10.8. The summed E-state index contributed by atoms with van der Waals surface area (Å²) in [5.74, 6) is 0.709. The fraction of sp³-hybridized carbons (Fsp3) is 0.615. The monoisotopic (exact) mass is 279 g/mol. The summed E-state index contributed by atoms with van der Waals surface area (Å²) in [5.41, 5.74) is 5.56. The van der Waals surface area contributed by atoms with E-state index in [1.807, 2.05) is 0 Å². The molecule has 1 fully saturated rings. The van der Waals surface area contributed by atoms with E-state index in [4.69, 9.17) is 5.73 Å². The third kappa shape index (κ3) is 3.16. The average Bonchev–Trinajstić information content (AvgIpc) is 2.45. The Kier molecular flexibility index (Phi) is 4.73. The van der Waals surface area contributed by atoms with Crippen LogP contribution in [0.25, 0.3) is 0 Å². The van der Waals surface area contributed by atoms with E-state index in [0.29, 0.717) is 6.04 Å². The molecule has 110 valence electrons. The molecular formula is C13H21N5O2. The molecule has 1 aromatic heterocycles. The number of nitrogens with zero attached hydrogens (tertiary/aromatic N) is 3. The second-order valence-electron chi connectivity index (χ2n) is 5.02. The minimum absolute atomic E-state index is 0.0163. The Balaban J connectivity index is 2.24. The Morgan fingerprint density at radius 2 is 2.40 bits per heavy atom. The van der Waals surface area contributed by atoms with E-state index in [1.165, 1.54) is 6.07 Å². The van der Waals surface area contributed by atoms with Gasteiger partial charge in [-0.1, -0.05) is 6.92 Å². The predicted molar refractivity (Wildman–Crippen MR) is 78.8 cm³/mol. The molecule has 0 aromatic carbocycles. The van der Waals surface area contributed by atoms with Crippen molar-refractivity contribution in [1.82, 2.24) is 10.3 Å². The second-order valence-corrected chi connectivity index (χ2v) is 5.02. The van der Waals surface area contributed by atoms with Gasteiger partial charge in [0.15, 0.2) is 0 Å². The normalized spacial score (nSPS) is 18.8. The molecular weight excluding hydrogens is 258 g/mol. The van der Waals surface area contributed by atoms with Crippen LogP contribution in [0.5, 0.6) is 0 Å². The summed E-state index contributed by atoms with van der Waals surface area (Å²) < 4.78 is 0. The van der Waals surface area contributed by atoms with Crippen LogP contribution in [0.2, 0.25) is 0 Å². The number of hydrogen-bond donors (Lipinski definition) is 2. The first-order chi connectivity index (χ1) is 9.63. The molecule has 7 heteroatoms. The number of anilines is 2. The molecule has 3 N–H and O–H groups in total. The number of rotatable bonds is 5. The highest BCUT2D eigenvalue weighted by Crippen LogP contribution is 2.25. The highest BCUT2D eigenvalue weighted by atomic mass is 16.6. The van der Waals surface area contributed by atoms with E-state index in [1.54, 1.807) is 6.07 Å². The molecule has 1 atom stereocenters. The predicted octanol–water partition coefficient (Wildman–Crippen LogP) is 1.54. The van der Waals surface area contributed by atoms with Crippen molar-refractivity contribution in [3.63, 3.8) is 0 Å². The van der Waals surface area contributed by atoms with Gasteiger partial charge >= 0.3 is 5.69 Å². The van der Waals surface area contributed by atoms with Crippen molar-refractivity contribution >= 4 is 17.3 Å². The lowest BCUT2D eigenvalue weighted by molar-refractivity contribution is -0.384. The van der Waals surface area contributed by atoms with Crippen LogP contribution >= 0.6 is 0 Å². The third-order valence-corrected chi connectivity index (χ3v) is 3.55. The van der Waals surface area contributed by atoms with Gasteiger partial charge in [0.05, 0.1) is 4.92 Å². The summed E-state index contributed by atoms with van der Waals surface area (Å²) in [6.07, 6.45) is 3.23. The quantitative estimate of drug-likeness (QED) is 0.627. The Bertz CT molecular complexity index is 474. The number of aromatic nitrogens is 1. The molecule has 2 rings (SSSR count). The first-order valence-corrected chi connectivity index (χ1v) is 7.01. The first kappa shape index (κ1) is 14.5. The van der Waals surface area contributed by atoms with Gasteiger partial charge in [0.25, 0.3) is 0 Å². The van der Waals surface area contributed by atoms with Crippen molar-refractivity contribution in [3.05, 3.63) is 22.2 Å². The standard InChI is InChI=1S/C13H21N5O2/c1-2-8-17(10-4-3-7-15-9-10)12-6-5-11(18(19)20)13(14)16-12/h5-6,10,15H,2-4,7-9H2,1H3,(H2,14,16). The van der Waals surface area contributed by atoms with E-state index in [0.717, 1.165) is 44.7 Å². The summed E-state index contributed by atoms with van der Waals surface area (Å²) in [6, 6.07) is 3.51. The lowest BCUT2D eigenvalue weighted by atomic mass is 10.1. The van der Waals surface area contributed by atoms with Crippen LogP contribution < -0.4 is 16.0 Å². The van der Waals surface area contributed by atoms with Gasteiger partial charge in [-0.3, -0.25) is 10.1 Å². The van der Waals surface area contributed by atoms with Crippen molar-refractivity contribution < 1.29 is 4.92 Å². The summed E-state index contributed by atoms with van der Waals surface area (Å²) in [4.78, 5) is 16.7. The van der Waals surface area contributed by atoms with E-state index in [2.05, 4.69) is 22.1 Å². The summed E-state index contributed by atoms with van der Waals surface area (Å²) >= 11 is 0. The zero-order valence-electron chi connectivity index (χ0n) is 11.7. The van der Waals surface area contributed by atoms with E-state index >= 15 is 0 Å². The molecule has 0 amide bonds. The molecule has 7 nitrogen and oxygen atoms in total. The Morgan fingerprint density at radius 1 is 1.60 bits per heavy atom. The molecule has 1 aliphatic heterocycles. The van der Waals surface area contributed by atoms with Crippen molar-refractivity contribution in [3.8, 4) is 0 Å². The van der Waals surface area contributed by atoms with Crippen LogP contribution in [0, 0.1) is 10.1 Å². The molecule has 0 saturated carbocycles. The molecule has 1 aromatic rings. The van der Waals surface area contributed by atoms with Gasteiger partial charge in [0, 0.05) is 25.2 Å². The van der Waals surface area contributed by atoms with Gasteiger partial charge in [-0.05, 0) is 31.9 Å². The van der Waals surface area contributed by atoms with Crippen LogP contribution in [0.15, 0.2) is 12.1 Å². The number of nitrogen functional groups attached to an aromatic ring is 1. The van der Waals surface area contributed by atoms with Crippen LogP contribution in [0.3, 0.4) is 0 Å². The van der Waals surface area contributed by atoms with Crippen LogP contribution in [-0.4, -0.2) is 35.6 Å². The summed E-state index contributed by atoms with van der Waals surface area (Å²) in [7, 11) is 0. The minimum atomic E-state index is -0.502. The van der Waals surface area contributed by atoms with Gasteiger partial charge in [-0.25, -0.2) is 4.98 Å². The largest absolute Gasteiger partial charge is 0.378 e. The van der Waals surface area contributed by atoms with Crippen molar-refractivity contribution in [1.29, 1.82) is 0 Å². The van der Waals surface area contributed by atoms with Gasteiger partial charge in [0.1, 0.15) is 5.82 Å². The number of nitro groups is 1. The smallest absolute Gasteiger partial charge is 0.311 e. The minimum Gasteiger partial charge on any atom is -0.378 e. The lowest BCUT2D eigenvalue weighted by Gasteiger charge is -2.35. The maximum Gasteiger partial charge on any atom is 0.311 e. The van der Waals surface area contributed by atoms with Crippen molar-refractivity contribution in [2.75, 3.05) is 30.3 Å². The number of pyridine rings is 1. The van der Waals surface area contributed by atoms with Gasteiger partial charge < -0.3 is 16.0 Å². The van der Waals surface area contributed by atoms with Gasteiger partial charge in [-0.15, -0.1) is 0 Å². The second kappa shape index (κ2) is 6.51.